The normalized spacial score (nSPS) is 10.5. The van der Waals surface area contributed by atoms with E-state index in [1.807, 2.05) is 86.6 Å². The van der Waals surface area contributed by atoms with Gasteiger partial charge in [-0.15, -0.1) is 11.6 Å². The van der Waals surface area contributed by atoms with Crippen LogP contribution in [0.1, 0.15) is 40.8 Å². The molecule has 4 rings (SSSR count). The number of alkyl halides is 1. The molecule has 4 aromatic rings. The number of hydrogen-bond acceptors (Lipinski definition) is 10. The van der Waals surface area contributed by atoms with Crippen LogP contribution in [0.4, 0.5) is 0 Å². The molecule has 256 valence electrons. The predicted octanol–water partition coefficient (Wildman–Crippen LogP) is 7.38. The molecule has 0 aromatic heterocycles. The van der Waals surface area contributed by atoms with Crippen molar-refractivity contribution in [3.05, 3.63) is 130 Å². The maximum absolute atomic E-state index is 11.9. The van der Waals surface area contributed by atoms with E-state index in [1.54, 1.807) is 24.3 Å². The summed E-state index contributed by atoms with van der Waals surface area (Å²) in [6.45, 7) is 4.16. The SMILES string of the molecule is C.CO/N=C(/C(=O)OC)c1ccccc1CCl.CO/N=C(/C(=O)OC)c1ccccc1COc1ccccc1C.Cc1ccccc1O. The van der Waals surface area contributed by atoms with Crippen molar-refractivity contribution >= 4 is 35.0 Å². The van der Waals surface area contributed by atoms with Gasteiger partial charge in [0.2, 0.25) is 0 Å². The second-order valence-electron chi connectivity index (χ2n) is 9.52. The highest BCUT2D eigenvalue weighted by Gasteiger charge is 2.20. The van der Waals surface area contributed by atoms with Gasteiger partial charge in [-0.2, -0.15) is 0 Å². The van der Waals surface area contributed by atoms with Gasteiger partial charge in [-0.05, 0) is 48.2 Å². The zero-order valence-electron chi connectivity index (χ0n) is 27.2. The Kier molecular flexibility index (Phi) is 18.8. The van der Waals surface area contributed by atoms with Gasteiger partial charge in [0, 0.05) is 17.0 Å². The van der Waals surface area contributed by atoms with E-state index in [4.69, 9.17) is 31.0 Å². The van der Waals surface area contributed by atoms with E-state index < -0.39 is 11.9 Å². The minimum Gasteiger partial charge on any atom is -0.508 e. The molecule has 48 heavy (non-hydrogen) atoms. The van der Waals surface area contributed by atoms with Crippen LogP contribution in [-0.4, -0.2) is 56.9 Å². The second-order valence-corrected chi connectivity index (χ2v) is 9.78. The largest absolute Gasteiger partial charge is 0.508 e. The Hall–Kier alpha value is -5.35. The molecular formula is C37H43ClN2O8. The van der Waals surface area contributed by atoms with Gasteiger partial charge in [0.05, 0.1) is 14.2 Å². The van der Waals surface area contributed by atoms with Crippen molar-refractivity contribution < 1.29 is 38.6 Å². The number of carbonyl (C=O) groups is 2. The molecule has 0 spiro atoms. The molecule has 4 aromatic carbocycles. The average molecular weight is 679 g/mol. The topological polar surface area (TPSA) is 125 Å². The molecule has 0 aliphatic heterocycles. The summed E-state index contributed by atoms with van der Waals surface area (Å²) in [5, 5.41) is 16.4. The van der Waals surface area contributed by atoms with E-state index in [2.05, 4.69) is 19.9 Å². The van der Waals surface area contributed by atoms with Gasteiger partial charge >= 0.3 is 11.9 Å². The smallest absolute Gasteiger partial charge is 0.360 e. The molecule has 10 nitrogen and oxygen atoms in total. The van der Waals surface area contributed by atoms with E-state index in [9.17, 15) is 9.59 Å². The highest BCUT2D eigenvalue weighted by atomic mass is 35.5. The lowest BCUT2D eigenvalue weighted by molar-refractivity contribution is -0.133. The molecule has 0 radical (unpaired) electrons. The number of hydrogen-bond donors (Lipinski definition) is 1. The Bertz CT molecular complexity index is 1630. The Morgan fingerprint density at radius 3 is 1.52 bits per heavy atom. The van der Waals surface area contributed by atoms with Gasteiger partial charge in [-0.3, -0.25) is 0 Å². The first-order chi connectivity index (χ1) is 22.7. The number of rotatable bonds is 10. The fraction of sp³-hybridized carbons (Fsp3) is 0.243. The van der Waals surface area contributed by atoms with Gasteiger partial charge in [0.25, 0.3) is 0 Å². The third-order valence-corrected chi connectivity index (χ3v) is 6.69. The van der Waals surface area contributed by atoms with Crippen molar-refractivity contribution in [3.63, 3.8) is 0 Å². The molecule has 0 saturated heterocycles. The minimum atomic E-state index is -0.560. The van der Waals surface area contributed by atoms with Crippen LogP contribution in [0.5, 0.6) is 11.5 Å². The Balaban J connectivity index is 0.000000398. The summed E-state index contributed by atoms with van der Waals surface area (Å²) in [4.78, 5) is 32.8. The van der Waals surface area contributed by atoms with Crippen LogP contribution in [0.2, 0.25) is 0 Å². The molecule has 11 heteroatoms. The number of methoxy groups -OCH3 is 2. The molecule has 0 aliphatic carbocycles. The third kappa shape index (κ3) is 12.4. The number of phenols is 1. The van der Waals surface area contributed by atoms with Gasteiger partial charge in [0.1, 0.15) is 32.3 Å². The maximum atomic E-state index is 11.9. The third-order valence-electron chi connectivity index (χ3n) is 6.40. The zero-order valence-corrected chi connectivity index (χ0v) is 28.0. The number of halogens is 1. The van der Waals surface area contributed by atoms with Crippen LogP contribution in [0, 0.1) is 13.8 Å². The first kappa shape index (κ1) is 40.7. The number of aromatic hydroxyl groups is 1. The van der Waals surface area contributed by atoms with E-state index >= 15 is 0 Å². The standard InChI is InChI=1S/C18H19NO4.C11H12ClNO3.C7H8O.CH4/c1-13-8-4-7-11-16(13)23-12-14-9-5-6-10-15(14)17(19-22-3)18(20)21-2;1-15-11(14)10(13-16-2)9-6-4-3-5-8(9)7-12;1-6-4-2-3-5-7(6)8;/h4-11H,12H2,1-3H3;3-6H,7H2,1-2H3;2-5,8H,1H3;1H4/b19-17+;13-10+;;. The predicted molar refractivity (Wildman–Crippen MR) is 189 cm³/mol. The van der Waals surface area contributed by atoms with Crippen molar-refractivity contribution in [3.8, 4) is 11.5 Å². The Labute approximate surface area is 287 Å². The zero-order chi connectivity index (χ0) is 34.6. The number of esters is 2. The summed E-state index contributed by atoms with van der Waals surface area (Å²) in [6.07, 6.45) is 0. The molecule has 0 heterocycles. The lowest BCUT2D eigenvalue weighted by Gasteiger charge is -2.12. The summed E-state index contributed by atoms with van der Waals surface area (Å²) in [5.74, 6) is 0.336. The highest BCUT2D eigenvalue weighted by Crippen LogP contribution is 2.20. The lowest BCUT2D eigenvalue weighted by Crippen LogP contribution is -2.19. The van der Waals surface area contributed by atoms with Crippen LogP contribution in [-0.2, 0) is 41.2 Å². The molecule has 0 amide bonds. The van der Waals surface area contributed by atoms with Crippen LogP contribution in [0.15, 0.2) is 107 Å². The van der Waals surface area contributed by atoms with Crippen molar-refractivity contribution in [2.75, 3.05) is 28.4 Å². The van der Waals surface area contributed by atoms with Crippen LogP contribution < -0.4 is 4.74 Å². The van der Waals surface area contributed by atoms with Gasteiger partial charge in [-0.1, -0.05) is 103 Å². The molecule has 0 fully saturated rings. The minimum absolute atomic E-state index is 0. The lowest BCUT2D eigenvalue weighted by atomic mass is 10.0. The first-order valence-electron chi connectivity index (χ1n) is 14.3. The molecule has 0 unspecified atom stereocenters. The van der Waals surface area contributed by atoms with Crippen LogP contribution in [0.3, 0.4) is 0 Å². The summed E-state index contributed by atoms with van der Waals surface area (Å²) in [6, 6.07) is 29.6. The second kappa shape index (κ2) is 22.2. The number of benzene rings is 4. The fourth-order valence-corrected chi connectivity index (χ4v) is 4.18. The van der Waals surface area contributed by atoms with Crippen molar-refractivity contribution in [2.24, 2.45) is 10.3 Å². The summed E-state index contributed by atoms with van der Waals surface area (Å²) >= 11 is 5.78. The van der Waals surface area contributed by atoms with Crippen LogP contribution >= 0.6 is 11.6 Å². The van der Waals surface area contributed by atoms with Crippen molar-refractivity contribution in [2.45, 2.75) is 33.8 Å². The van der Waals surface area contributed by atoms with Crippen molar-refractivity contribution in [1.82, 2.24) is 0 Å². The maximum Gasteiger partial charge on any atom is 0.360 e. The van der Waals surface area contributed by atoms with Crippen LogP contribution in [0.25, 0.3) is 0 Å². The number of para-hydroxylation sites is 2. The number of carbonyl (C=O) groups excluding carboxylic acids is 2. The van der Waals surface area contributed by atoms with Gasteiger partial charge in [-0.25, -0.2) is 9.59 Å². The van der Waals surface area contributed by atoms with Gasteiger partial charge < -0.3 is 29.0 Å². The summed E-state index contributed by atoms with van der Waals surface area (Å²) in [5.41, 5.74) is 5.04. The molecule has 0 aliphatic rings. The van der Waals surface area contributed by atoms with E-state index in [0.29, 0.717) is 23.5 Å². The Morgan fingerprint density at radius 1 is 0.646 bits per heavy atom. The number of nitrogens with zero attached hydrogens (tertiary/aromatic N) is 2. The monoisotopic (exact) mass is 678 g/mol. The molecule has 0 saturated carbocycles. The van der Waals surface area contributed by atoms with E-state index in [-0.39, 0.29) is 24.7 Å². The Morgan fingerprint density at radius 2 is 1.08 bits per heavy atom. The fourth-order valence-electron chi connectivity index (χ4n) is 3.95. The number of phenolic OH excluding ortho intramolecular Hbond substituents is 1. The van der Waals surface area contributed by atoms with Gasteiger partial charge in [0.15, 0.2) is 11.4 Å². The first-order valence-corrected chi connectivity index (χ1v) is 14.8. The molecule has 0 bridgehead atoms. The quantitative estimate of drug-likeness (QED) is 0.0797. The molecular weight excluding hydrogens is 636 g/mol. The number of oxime groups is 2. The number of ether oxygens (including phenoxy) is 3. The number of aryl methyl sites for hydroxylation is 2. The van der Waals surface area contributed by atoms with E-state index in [1.165, 1.54) is 28.4 Å². The highest BCUT2D eigenvalue weighted by molar-refractivity contribution is 6.44. The molecule has 1 N–H and O–H groups in total. The van der Waals surface area contributed by atoms with Crippen molar-refractivity contribution in [1.29, 1.82) is 0 Å². The summed E-state index contributed by atoms with van der Waals surface area (Å²) in [7, 11) is 5.35. The average Bonchev–Trinajstić information content (AvgIpc) is 3.10. The summed E-state index contributed by atoms with van der Waals surface area (Å²) < 4.78 is 15.2. The van der Waals surface area contributed by atoms with E-state index in [0.717, 1.165) is 28.0 Å². The molecule has 0 atom stereocenters.